The van der Waals surface area contributed by atoms with E-state index in [9.17, 15) is 4.79 Å². The Balaban J connectivity index is 1.50. The molecule has 2 heterocycles. The minimum Gasteiger partial charge on any atom is -0.454 e. The third kappa shape index (κ3) is 3.60. The summed E-state index contributed by atoms with van der Waals surface area (Å²) in [6.45, 7) is 2.37. The van der Waals surface area contributed by atoms with E-state index in [4.69, 9.17) is 14.5 Å². The number of fused-ring (bicyclic) bond motifs is 2. The second kappa shape index (κ2) is 7.98. The number of carbonyl (C=O) groups excluding carboxylic acids is 1. The lowest BCUT2D eigenvalue weighted by atomic mass is 9.84. The average Bonchev–Trinajstić information content (AvgIpc) is 3.26. The Hall–Kier alpha value is -3.08. The molecular formula is C25H26N2O3. The smallest absolute Gasteiger partial charge is 0.252 e. The van der Waals surface area contributed by atoms with Crippen LogP contribution in [0.5, 0.6) is 11.5 Å². The molecule has 5 nitrogen and oxygen atoms in total. The molecule has 1 aromatic heterocycles. The number of carbonyl (C=O) groups is 1. The van der Waals surface area contributed by atoms with Gasteiger partial charge in [-0.2, -0.15) is 0 Å². The summed E-state index contributed by atoms with van der Waals surface area (Å²) in [7, 11) is 0. The summed E-state index contributed by atoms with van der Waals surface area (Å²) in [5.41, 5.74) is 3.13. The van der Waals surface area contributed by atoms with E-state index >= 15 is 0 Å². The van der Waals surface area contributed by atoms with Gasteiger partial charge in [-0.3, -0.25) is 4.79 Å². The molecule has 1 fully saturated rings. The molecule has 1 atom stereocenters. The summed E-state index contributed by atoms with van der Waals surface area (Å²) in [6.07, 6.45) is 6.22. The molecule has 154 valence electrons. The standard InChI is InChI=1S/C25H26N2O3/c1-16(17-7-3-2-4-8-17)26-25(28)20-14-22(27-21-10-6-5-9-19(20)21)18-11-12-23-24(13-18)30-15-29-23/h5-6,9-14,16-17H,2-4,7-8,15H2,1H3,(H,26,28)/t16-/m1/s1. The van der Waals surface area contributed by atoms with Gasteiger partial charge in [0.1, 0.15) is 0 Å². The summed E-state index contributed by atoms with van der Waals surface area (Å²) in [5, 5.41) is 4.14. The van der Waals surface area contributed by atoms with Gasteiger partial charge in [0.25, 0.3) is 5.91 Å². The van der Waals surface area contributed by atoms with Crippen molar-refractivity contribution in [2.24, 2.45) is 5.92 Å². The fourth-order valence-electron chi connectivity index (χ4n) is 4.60. The van der Waals surface area contributed by atoms with Crippen molar-refractivity contribution in [3.05, 3.63) is 54.1 Å². The first-order valence-corrected chi connectivity index (χ1v) is 10.8. The monoisotopic (exact) mass is 402 g/mol. The van der Waals surface area contributed by atoms with Crippen molar-refractivity contribution in [1.29, 1.82) is 0 Å². The van der Waals surface area contributed by atoms with Crippen LogP contribution in [0.25, 0.3) is 22.2 Å². The van der Waals surface area contributed by atoms with Crippen LogP contribution in [-0.4, -0.2) is 23.7 Å². The van der Waals surface area contributed by atoms with Gasteiger partial charge in [0, 0.05) is 17.0 Å². The number of ether oxygens (including phenoxy) is 2. The van der Waals surface area contributed by atoms with E-state index in [0.29, 0.717) is 17.2 Å². The second-order valence-corrected chi connectivity index (χ2v) is 8.30. The molecule has 0 unspecified atom stereocenters. The second-order valence-electron chi connectivity index (χ2n) is 8.30. The quantitative estimate of drug-likeness (QED) is 0.641. The number of amides is 1. The zero-order chi connectivity index (χ0) is 20.5. The lowest BCUT2D eigenvalue weighted by Gasteiger charge is -2.28. The van der Waals surface area contributed by atoms with Crippen molar-refractivity contribution < 1.29 is 14.3 Å². The highest BCUT2D eigenvalue weighted by molar-refractivity contribution is 6.07. The number of nitrogens with one attached hydrogen (secondary N) is 1. The third-order valence-electron chi connectivity index (χ3n) is 6.34. The van der Waals surface area contributed by atoms with Crippen LogP contribution in [0.2, 0.25) is 0 Å². The number of para-hydroxylation sites is 1. The first-order chi connectivity index (χ1) is 14.7. The Morgan fingerprint density at radius 2 is 1.83 bits per heavy atom. The molecule has 1 aliphatic heterocycles. The van der Waals surface area contributed by atoms with Crippen LogP contribution >= 0.6 is 0 Å². The molecule has 5 rings (SSSR count). The van der Waals surface area contributed by atoms with Gasteiger partial charge in [0.05, 0.1) is 16.8 Å². The van der Waals surface area contributed by atoms with Crippen LogP contribution in [0.15, 0.2) is 48.5 Å². The molecule has 0 bridgehead atoms. The van der Waals surface area contributed by atoms with Crippen LogP contribution < -0.4 is 14.8 Å². The number of nitrogens with zero attached hydrogens (tertiary/aromatic N) is 1. The van der Waals surface area contributed by atoms with E-state index in [-0.39, 0.29) is 18.7 Å². The van der Waals surface area contributed by atoms with E-state index in [1.807, 2.05) is 48.5 Å². The fraction of sp³-hybridized carbons (Fsp3) is 0.360. The van der Waals surface area contributed by atoms with E-state index in [0.717, 1.165) is 27.9 Å². The Morgan fingerprint density at radius 3 is 2.70 bits per heavy atom. The molecule has 1 amide bonds. The molecule has 0 radical (unpaired) electrons. The molecule has 1 aliphatic carbocycles. The number of hydrogen-bond acceptors (Lipinski definition) is 4. The Morgan fingerprint density at radius 1 is 1.03 bits per heavy atom. The van der Waals surface area contributed by atoms with Crippen LogP contribution in [0.1, 0.15) is 49.4 Å². The minimum atomic E-state index is -0.0336. The van der Waals surface area contributed by atoms with Gasteiger partial charge in [-0.25, -0.2) is 4.98 Å². The SMILES string of the molecule is C[C@@H](NC(=O)c1cc(-c2ccc3c(c2)OCO3)nc2ccccc12)C1CCCCC1. The third-order valence-corrected chi connectivity index (χ3v) is 6.34. The van der Waals surface area contributed by atoms with Gasteiger partial charge in [0.2, 0.25) is 6.79 Å². The summed E-state index contributed by atoms with van der Waals surface area (Å²) >= 11 is 0. The maximum absolute atomic E-state index is 13.3. The van der Waals surface area contributed by atoms with E-state index in [2.05, 4.69) is 12.2 Å². The fourth-order valence-corrected chi connectivity index (χ4v) is 4.60. The van der Waals surface area contributed by atoms with Crippen molar-refractivity contribution in [2.45, 2.75) is 45.1 Å². The maximum Gasteiger partial charge on any atom is 0.252 e. The van der Waals surface area contributed by atoms with Crippen LogP contribution in [0, 0.1) is 5.92 Å². The van der Waals surface area contributed by atoms with Gasteiger partial charge in [0.15, 0.2) is 11.5 Å². The Bertz CT molecular complexity index is 1090. The first kappa shape index (κ1) is 18.9. The lowest BCUT2D eigenvalue weighted by Crippen LogP contribution is -2.39. The summed E-state index contributed by atoms with van der Waals surface area (Å²) in [6, 6.07) is 15.6. The van der Waals surface area contributed by atoms with Crippen LogP contribution in [-0.2, 0) is 0 Å². The van der Waals surface area contributed by atoms with Gasteiger partial charge in [-0.05, 0) is 56.0 Å². The van der Waals surface area contributed by atoms with Gasteiger partial charge < -0.3 is 14.8 Å². The predicted molar refractivity (Wildman–Crippen MR) is 117 cm³/mol. The van der Waals surface area contributed by atoms with Gasteiger partial charge in [-0.15, -0.1) is 0 Å². The highest BCUT2D eigenvalue weighted by atomic mass is 16.7. The molecule has 3 aromatic rings. The zero-order valence-corrected chi connectivity index (χ0v) is 17.2. The zero-order valence-electron chi connectivity index (χ0n) is 17.2. The van der Waals surface area contributed by atoms with Crippen molar-refractivity contribution in [1.82, 2.24) is 10.3 Å². The topological polar surface area (TPSA) is 60.5 Å². The normalized spacial score (nSPS) is 17.1. The largest absolute Gasteiger partial charge is 0.454 e. The average molecular weight is 402 g/mol. The number of rotatable bonds is 4. The molecule has 1 saturated carbocycles. The van der Waals surface area contributed by atoms with Crippen molar-refractivity contribution in [3.63, 3.8) is 0 Å². The van der Waals surface area contributed by atoms with Gasteiger partial charge >= 0.3 is 0 Å². The molecule has 2 aromatic carbocycles. The molecule has 0 spiro atoms. The number of pyridine rings is 1. The summed E-state index contributed by atoms with van der Waals surface area (Å²) < 4.78 is 10.9. The highest BCUT2D eigenvalue weighted by Crippen LogP contribution is 2.36. The number of aromatic nitrogens is 1. The molecule has 0 saturated heterocycles. The number of hydrogen-bond donors (Lipinski definition) is 1. The lowest BCUT2D eigenvalue weighted by molar-refractivity contribution is 0.0921. The van der Waals surface area contributed by atoms with Crippen molar-refractivity contribution in [3.8, 4) is 22.8 Å². The Labute approximate surface area is 176 Å². The molecule has 5 heteroatoms. The first-order valence-electron chi connectivity index (χ1n) is 10.8. The number of benzene rings is 2. The predicted octanol–water partition coefficient (Wildman–Crippen LogP) is 5.33. The molecular weight excluding hydrogens is 376 g/mol. The van der Waals surface area contributed by atoms with Crippen LogP contribution in [0.4, 0.5) is 0 Å². The van der Waals surface area contributed by atoms with E-state index < -0.39 is 0 Å². The minimum absolute atomic E-state index is 0.0336. The Kier molecular flexibility index (Phi) is 5.03. The summed E-state index contributed by atoms with van der Waals surface area (Å²) in [5.74, 6) is 1.97. The van der Waals surface area contributed by atoms with E-state index in [1.165, 1.54) is 32.1 Å². The molecule has 30 heavy (non-hydrogen) atoms. The maximum atomic E-state index is 13.3. The highest BCUT2D eigenvalue weighted by Gasteiger charge is 2.23. The summed E-state index contributed by atoms with van der Waals surface area (Å²) in [4.78, 5) is 18.1. The molecule has 1 N–H and O–H groups in total. The van der Waals surface area contributed by atoms with Crippen LogP contribution in [0.3, 0.4) is 0 Å². The van der Waals surface area contributed by atoms with E-state index in [1.54, 1.807) is 0 Å². The van der Waals surface area contributed by atoms with Crippen molar-refractivity contribution in [2.75, 3.05) is 6.79 Å². The molecule has 2 aliphatic rings. The van der Waals surface area contributed by atoms with Gasteiger partial charge in [-0.1, -0.05) is 37.5 Å². The van der Waals surface area contributed by atoms with Crippen molar-refractivity contribution >= 4 is 16.8 Å².